The van der Waals surface area contributed by atoms with Gasteiger partial charge in [-0.25, -0.2) is 35.1 Å². The van der Waals surface area contributed by atoms with Crippen molar-refractivity contribution in [2.24, 2.45) is 0 Å². The molecule has 0 saturated heterocycles. The van der Waals surface area contributed by atoms with Crippen molar-refractivity contribution < 1.29 is 48.3 Å². The van der Waals surface area contributed by atoms with Gasteiger partial charge in [-0.05, 0) is 151 Å². The second-order valence-electron chi connectivity index (χ2n) is 16.1. The molecule has 9 aromatic rings. The highest BCUT2D eigenvalue weighted by Crippen LogP contribution is 2.29. The zero-order valence-electron chi connectivity index (χ0n) is 43.1. The van der Waals surface area contributed by atoms with Crippen LogP contribution in [0.15, 0.2) is 201 Å². The molecule has 0 spiro atoms. The molecule has 3 nitrogen and oxygen atoms in total. The monoisotopic (exact) mass is 1040 g/mol. The first kappa shape index (κ1) is 65.0. The van der Waals surface area contributed by atoms with E-state index in [0.717, 1.165) is 47.2 Å². The molecule has 3 aromatic heterocycles. The molecule has 0 bridgehead atoms. The lowest BCUT2D eigenvalue weighted by molar-refractivity contribution is -0.137. The Bertz CT molecular complexity index is 2680. The molecule has 0 aliphatic heterocycles. The Morgan fingerprint density at radius 3 is 1.19 bits per heavy atom. The highest BCUT2D eigenvalue weighted by Gasteiger charge is 2.29. The summed E-state index contributed by atoms with van der Waals surface area (Å²) in [7, 11) is 0. The number of rotatable bonds is 0. The Morgan fingerprint density at radius 1 is 0.320 bits per heavy atom. The number of aromatic nitrogens is 3. The molecule has 0 amide bonds. The number of hydrogen-bond donors (Lipinski definition) is 0. The number of hydrogen-bond acceptors (Lipinski definition) is 3. The van der Waals surface area contributed by atoms with Crippen LogP contribution in [0.3, 0.4) is 0 Å². The van der Waals surface area contributed by atoms with Gasteiger partial charge >= 0.3 is 6.18 Å². The Labute approximate surface area is 433 Å². The standard InChI is InChI=1S/C8H7F3.C7H5F3.2C7H6F2.C7H7F.C7H8.3C6H7N/c1-6-3-2-4-7(5-6)8(9,10)11;1-4-6(9)2-5(8)3-7(4)10;1-5-2-3-6(8)4-7(5)9;1-5-2-3-6(8)7(9)4-5;1-6-2-4-7(8)5-3-6;1-7-5-3-2-4-6-7;1-6-2-4-7-5-3-6;1-6-3-2-4-7-5-6;1-6-4-2-3-5-7-6/h2-5H,1H3;2-3H,1H3;2*2-4H,1H3;2-5H,1H3;2-6H,1H3;3*2-5H,1H3. The molecule has 9 rings (SSSR count). The molecule has 0 saturated carbocycles. The molecule has 3 heterocycles. The van der Waals surface area contributed by atoms with Gasteiger partial charge in [0.25, 0.3) is 0 Å². The summed E-state index contributed by atoms with van der Waals surface area (Å²) in [5, 5.41) is 0. The van der Waals surface area contributed by atoms with Crippen molar-refractivity contribution in [1.29, 1.82) is 0 Å². The predicted octanol–water partition coefficient (Wildman–Crippen LogP) is 18.3. The Kier molecular flexibility index (Phi) is 31.2. The summed E-state index contributed by atoms with van der Waals surface area (Å²) in [6, 6.07) is 44.2. The van der Waals surface area contributed by atoms with Gasteiger partial charge < -0.3 is 0 Å². The number of nitrogens with zero attached hydrogens (tertiary/aromatic N) is 3. The molecular weight excluding hydrogens is 984 g/mol. The smallest absolute Gasteiger partial charge is 0.265 e. The van der Waals surface area contributed by atoms with Gasteiger partial charge in [-0.2, -0.15) is 13.2 Å². The first-order chi connectivity index (χ1) is 35.4. The average Bonchev–Trinajstić information content (AvgIpc) is 3.36. The molecule has 0 aliphatic rings. The van der Waals surface area contributed by atoms with Crippen LogP contribution in [0.25, 0.3) is 0 Å². The maximum atomic E-state index is 12.4. The van der Waals surface area contributed by atoms with Crippen LogP contribution in [0.2, 0.25) is 0 Å². The Hall–Kier alpha value is -8.00. The molecule has 6 aromatic carbocycles. The Balaban J connectivity index is 0.000000424. The van der Waals surface area contributed by atoms with Crippen LogP contribution in [-0.4, -0.2) is 15.0 Å². The summed E-state index contributed by atoms with van der Waals surface area (Å²) in [6.45, 7) is 16.2. The third-order valence-corrected chi connectivity index (χ3v) is 9.22. The second-order valence-corrected chi connectivity index (χ2v) is 16.1. The van der Waals surface area contributed by atoms with E-state index in [0.29, 0.717) is 23.3 Å². The minimum atomic E-state index is -4.22. The maximum Gasteiger partial charge on any atom is 0.416 e. The van der Waals surface area contributed by atoms with E-state index in [-0.39, 0.29) is 11.4 Å². The summed E-state index contributed by atoms with van der Waals surface area (Å²) < 4.78 is 134. The van der Waals surface area contributed by atoms with Crippen molar-refractivity contribution in [2.45, 2.75) is 68.5 Å². The van der Waals surface area contributed by atoms with Gasteiger partial charge in [0.1, 0.15) is 34.9 Å². The van der Waals surface area contributed by atoms with Crippen LogP contribution >= 0.6 is 0 Å². The number of pyridine rings is 3. The van der Waals surface area contributed by atoms with Crippen molar-refractivity contribution in [3.8, 4) is 0 Å². The van der Waals surface area contributed by atoms with Gasteiger partial charge in [-0.1, -0.05) is 102 Å². The van der Waals surface area contributed by atoms with E-state index in [1.807, 2.05) is 94.6 Å². The SMILES string of the molecule is Cc1c(F)cc(F)cc1F.Cc1ccc(F)c(F)c1.Cc1ccc(F)cc1.Cc1ccc(F)cc1F.Cc1cccc(C(F)(F)F)c1.Cc1ccccc1.Cc1ccccn1.Cc1cccnc1.Cc1ccncc1. The quantitative estimate of drug-likeness (QED) is 0.142. The van der Waals surface area contributed by atoms with Crippen LogP contribution in [0.1, 0.15) is 55.8 Å². The topological polar surface area (TPSA) is 38.7 Å². The predicted molar refractivity (Wildman–Crippen MR) is 279 cm³/mol. The summed E-state index contributed by atoms with van der Waals surface area (Å²) in [4.78, 5) is 11.7. The largest absolute Gasteiger partial charge is 0.416 e. The van der Waals surface area contributed by atoms with Gasteiger partial charge in [0.15, 0.2) is 11.6 Å². The average molecular weight is 1040 g/mol. The molecule has 0 unspecified atom stereocenters. The second kappa shape index (κ2) is 36.0. The van der Waals surface area contributed by atoms with Crippen LogP contribution < -0.4 is 0 Å². The maximum absolute atomic E-state index is 12.4. The molecule has 0 fully saturated rings. The van der Waals surface area contributed by atoms with Crippen LogP contribution in [0.4, 0.5) is 48.3 Å². The van der Waals surface area contributed by atoms with Crippen molar-refractivity contribution >= 4 is 0 Å². The van der Waals surface area contributed by atoms with Gasteiger partial charge in [0, 0.05) is 60.4 Å². The lowest BCUT2D eigenvalue weighted by Gasteiger charge is -2.05. The van der Waals surface area contributed by atoms with E-state index in [2.05, 4.69) is 34.0 Å². The van der Waals surface area contributed by atoms with Crippen LogP contribution in [0, 0.1) is 109 Å². The summed E-state index contributed by atoms with van der Waals surface area (Å²) in [5.74, 6) is -5.35. The lowest BCUT2D eigenvalue weighted by atomic mass is 10.1. The van der Waals surface area contributed by atoms with E-state index in [1.54, 1.807) is 63.8 Å². The number of aryl methyl sites for hydroxylation is 8. The fourth-order valence-corrected chi connectivity index (χ4v) is 4.99. The fraction of sp³-hybridized carbons (Fsp3) is 0.164. The highest BCUT2D eigenvalue weighted by molar-refractivity contribution is 5.24. The molecule has 0 radical (unpaired) electrons. The molecule has 0 N–H and O–H groups in total. The fourth-order valence-electron chi connectivity index (χ4n) is 4.99. The van der Waals surface area contributed by atoms with Crippen molar-refractivity contribution in [3.63, 3.8) is 0 Å². The van der Waals surface area contributed by atoms with Gasteiger partial charge in [-0.15, -0.1) is 0 Å². The number of alkyl halides is 3. The minimum Gasteiger partial charge on any atom is -0.265 e. The van der Waals surface area contributed by atoms with E-state index in [4.69, 9.17) is 0 Å². The first-order valence-corrected chi connectivity index (χ1v) is 22.8. The molecule has 75 heavy (non-hydrogen) atoms. The van der Waals surface area contributed by atoms with Crippen molar-refractivity contribution in [1.82, 2.24) is 15.0 Å². The van der Waals surface area contributed by atoms with Gasteiger partial charge in [0.2, 0.25) is 0 Å². The zero-order valence-corrected chi connectivity index (χ0v) is 43.1. The molecule has 0 atom stereocenters. The van der Waals surface area contributed by atoms with Gasteiger partial charge in [-0.3, -0.25) is 15.0 Å². The molecule has 396 valence electrons. The Morgan fingerprint density at radius 2 is 0.827 bits per heavy atom. The summed E-state index contributed by atoms with van der Waals surface area (Å²) >= 11 is 0. The van der Waals surface area contributed by atoms with Crippen LogP contribution in [0.5, 0.6) is 0 Å². The molecule has 14 heteroatoms. The molecular formula is C61H60F11N3. The summed E-state index contributed by atoms with van der Waals surface area (Å²) in [5.41, 5.74) is 7.04. The van der Waals surface area contributed by atoms with E-state index < -0.39 is 52.5 Å². The highest BCUT2D eigenvalue weighted by atomic mass is 19.4. The third kappa shape index (κ3) is 31.9. The van der Waals surface area contributed by atoms with Crippen molar-refractivity contribution in [3.05, 3.63) is 303 Å². The molecule has 0 aliphatic carbocycles. The van der Waals surface area contributed by atoms with Crippen molar-refractivity contribution in [2.75, 3.05) is 0 Å². The van der Waals surface area contributed by atoms with Crippen LogP contribution in [-0.2, 0) is 6.18 Å². The number of halogens is 11. The lowest BCUT2D eigenvalue weighted by Crippen LogP contribution is -2.04. The number of benzene rings is 6. The zero-order chi connectivity index (χ0) is 56.3. The summed E-state index contributed by atoms with van der Waals surface area (Å²) in [6.07, 6.45) is 4.75. The first-order valence-electron chi connectivity index (χ1n) is 22.8. The van der Waals surface area contributed by atoms with E-state index >= 15 is 0 Å². The minimum absolute atomic E-state index is 0.151. The van der Waals surface area contributed by atoms with Gasteiger partial charge in [0.05, 0.1) is 5.56 Å². The van der Waals surface area contributed by atoms with E-state index in [9.17, 15) is 48.3 Å². The third-order valence-electron chi connectivity index (χ3n) is 9.22. The van der Waals surface area contributed by atoms with E-state index in [1.165, 1.54) is 60.0 Å². The normalized spacial score (nSPS) is 9.60.